The Bertz CT molecular complexity index is 366. The summed E-state index contributed by atoms with van der Waals surface area (Å²) in [6.07, 6.45) is 1.86. The van der Waals surface area contributed by atoms with Gasteiger partial charge in [0.05, 0.1) is 6.10 Å². The quantitative estimate of drug-likeness (QED) is 0.710. The zero-order valence-corrected chi connectivity index (χ0v) is 8.99. The number of halogens is 1. The molecule has 0 amide bonds. The Balaban J connectivity index is 1.82. The van der Waals surface area contributed by atoms with E-state index >= 15 is 0 Å². The second kappa shape index (κ2) is 4.80. The molecule has 3 nitrogen and oxygen atoms in total. The van der Waals surface area contributed by atoms with Crippen LogP contribution in [0.1, 0.15) is 18.4 Å². The summed E-state index contributed by atoms with van der Waals surface area (Å²) >= 11 is 0. The van der Waals surface area contributed by atoms with Crippen molar-refractivity contribution in [3.8, 4) is 5.75 Å². The molecule has 1 aromatic rings. The van der Waals surface area contributed by atoms with Crippen LogP contribution in [-0.4, -0.2) is 22.9 Å². The van der Waals surface area contributed by atoms with Crippen molar-refractivity contribution in [2.75, 3.05) is 6.54 Å². The van der Waals surface area contributed by atoms with Gasteiger partial charge in [-0.3, -0.25) is 0 Å². The first-order valence-corrected chi connectivity index (χ1v) is 5.53. The van der Waals surface area contributed by atoms with Crippen molar-refractivity contribution in [3.63, 3.8) is 0 Å². The standard InChI is InChI=1S/C12H16FNO2/c13-10-3-1-2-9(12(10)16)6-14-7-11(15)8-4-5-8/h1-3,8,11,14-16H,4-7H2. The maximum atomic E-state index is 13.0. The van der Waals surface area contributed by atoms with Gasteiger partial charge in [0.25, 0.3) is 0 Å². The highest BCUT2D eigenvalue weighted by molar-refractivity contribution is 5.33. The summed E-state index contributed by atoms with van der Waals surface area (Å²) in [6.45, 7) is 0.855. The Morgan fingerprint density at radius 3 is 2.88 bits per heavy atom. The van der Waals surface area contributed by atoms with E-state index in [1.807, 2.05) is 0 Å². The number of phenolic OH excluding ortho intramolecular Hbond substituents is 1. The topological polar surface area (TPSA) is 52.5 Å². The Morgan fingerprint density at radius 2 is 2.19 bits per heavy atom. The predicted octanol–water partition coefficient (Wildman–Crippen LogP) is 1.39. The van der Waals surface area contributed by atoms with Gasteiger partial charge in [-0.2, -0.15) is 0 Å². The van der Waals surface area contributed by atoms with Gasteiger partial charge in [-0.05, 0) is 24.8 Å². The molecular formula is C12H16FNO2. The first kappa shape index (κ1) is 11.4. The molecule has 88 valence electrons. The number of aromatic hydroxyl groups is 1. The lowest BCUT2D eigenvalue weighted by Crippen LogP contribution is -2.27. The van der Waals surface area contributed by atoms with Gasteiger partial charge >= 0.3 is 0 Å². The average molecular weight is 225 g/mol. The summed E-state index contributed by atoms with van der Waals surface area (Å²) in [5, 5.41) is 22.0. The summed E-state index contributed by atoms with van der Waals surface area (Å²) in [5.41, 5.74) is 0.517. The van der Waals surface area contributed by atoms with Crippen LogP contribution in [0.2, 0.25) is 0 Å². The lowest BCUT2D eigenvalue weighted by molar-refractivity contribution is 0.148. The van der Waals surface area contributed by atoms with Crippen molar-refractivity contribution in [1.29, 1.82) is 0 Å². The zero-order chi connectivity index (χ0) is 11.5. The molecule has 1 saturated carbocycles. The van der Waals surface area contributed by atoms with Crippen LogP contribution < -0.4 is 5.32 Å². The van der Waals surface area contributed by atoms with Crippen LogP contribution in [0, 0.1) is 11.7 Å². The number of hydrogen-bond donors (Lipinski definition) is 3. The summed E-state index contributed by atoms with van der Waals surface area (Å²) in [5.74, 6) is -0.494. The summed E-state index contributed by atoms with van der Waals surface area (Å²) < 4.78 is 13.0. The number of aliphatic hydroxyl groups is 1. The Hall–Kier alpha value is -1.13. The van der Waals surface area contributed by atoms with Crippen molar-refractivity contribution in [2.24, 2.45) is 5.92 Å². The van der Waals surface area contributed by atoms with E-state index in [-0.39, 0.29) is 11.9 Å². The number of rotatable bonds is 5. The van der Waals surface area contributed by atoms with Crippen molar-refractivity contribution >= 4 is 0 Å². The Kier molecular flexibility index (Phi) is 3.41. The SMILES string of the molecule is Oc1c(F)cccc1CNCC(O)C1CC1. The molecule has 1 aliphatic carbocycles. The largest absolute Gasteiger partial charge is 0.505 e. The molecule has 4 heteroatoms. The van der Waals surface area contributed by atoms with E-state index < -0.39 is 5.82 Å². The minimum absolute atomic E-state index is 0.309. The molecule has 0 spiro atoms. The van der Waals surface area contributed by atoms with E-state index in [0.717, 1.165) is 12.8 Å². The van der Waals surface area contributed by atoms with Crippen LogP contribution in [0.3, 0.4) is 0 Å². The molecule has 0 bridgehead atoms. The highest BCUT2D eigenvalue weighted by atomic mass is 19.1. The van der Waals surface area contributed by atoms with Crippen molar-refractivity contribution < 1.29 is 14.6 Å². The van der Waals surface area contributed by atoms with E-state index in [9.17, 15) is 14.6 Å². The molecule has 0 saturated heterocycles. The molecule has 1 unspecified atom stereocenters. The van der Waals surface area contributed by atoms with Crippen LogP contribution >= 0.6 is 0 Å². The third-order valence-electron chi connectivity index (χ3n) is 2.91. The first-order valence-electron chi connectivity index (χ1n) is 5.53. The lowest BCUT2D eigenvalue weighted by atomic mass is 10.2. The fourth-order valence-electron chi connectivity index (χ4n) is 1.71. The first-order chi connectivity index (χ1) is 7.68. The van der Waals surface area contributed by atoms with Gasteiger partial charge < -0.3 is 15.5 Å². The Labute approximate surface area is 93.9 Å². The third kappa shape index (κ3) is 2.71. The summed E-state index contributed by atoms with van der Waals surface area (Å²) in [6, 6.07) is 4.44. The van der Waals surface area contributed by atoms with Gasteiger partial charge in [0, 0.05) is 18.7 Å². The maximum absolute atomic E-state index is 13.0. The molecule has 0 aromatic heterocycles. The van der Waals surface area contributed by atoms with Crippen LogP contribution in [-0.2, 0) is 6.54 Å². The fourth-order valence-corrected chi connectivity index (χ4v) is 1.71. The second-order valence-corrected chi connectivity index (χ2v) is 4.28. The minimum Gasteiger partial charge on any atom is -0.505 e. The zero-order valence-electron chi connectivity index (χ0n) is 8.99. The minimum atomic E-state index is -0.609. The molecule has 2 rings (SSSR count). The summed E-state index contributed by atoms with van der Waals surface area (Å²) in [7, 11) is 0. The van der Waals surface area contributed by atoms with E-state index in [2.05, 4.69) is 5.32 Å². The molecule has 1 aliphatic rings. The van der Waals surface area contributed by atoms with Gasteiger partial charge in [0.15, 0.2) is 11.6 Å². The third-order valence-corrected chi connectivity index (χ3v) is 2.91. The van der Waals surface area contributed by atoms with Crippen LogP contribution in [0.4, 0.5) is 4.39 Å². The number of nitrogens with one attached hydrogen (secondary N) is 1. The molecule has 1 aromatic carbocycles. The summed E-state index contributed by atoms with van der Waals surface area (Å²) in [4.78, 5) is 0. The van der Waals surface area contributed by atoms with Gasteiger partial charge in [-0.15, -0.1) is 0 Å². The number of hydrogen-bond acceptors (Lipinski definition) is 3. The van der Waals surface area contributed by atoms with Gasteiger partial charge in [-0.1, -0.05) is 12.1 Å². The predicted molar refractivity (Wildman–Crippen MR) is 58.5 cm³/mol. The van der Waals surface area contributed by atoms with Gasteiger partial charge in [-0.25, -0.2) is 4.39 Å². The molecule has 3 N–H and O–H groups in total. The number of phenols is 1. The van der Waals surface area contributed by atoms with E-state index in [1.165, 1.54) is 6.07 Å². The molecule has 0 radical (unpaired) electrons. The smallest absolute Gasteiger partial charge is 0.165 e. The molecular weight excluding hydrogens is 209 g/mol. The van der Waals surface area contributed by atoms with Crippen molar-refractivity contribution in [3.05, 3.63) is 29.6 Å². The van der Waals surface area contributed by atoms with Crippen LogP contribution in [0.25, 0.3) is 0 Å². The van der Waals surface area contributed by atoms with Crippen molar-refractivity contribution in [2.45, 2.75) is 25.5 Å². The number of benzene rings is 1. The van der Waals surface area contributed by atoms with Gasteiger partial charge in [0.1, 0.15) is 0 Å². The van der Waals surface area contributed by atoms with Crippen LogP contribution in [0.5, 0.6) is 5.75 Å². The number of para-hydroxylation sites is 1. The maximum Gasteiger partial charge on any atom is 0.165 e. The highest BCUT2D eigenvalue weighted by Crippen LogP contribution is 2.32. The molecule has 16 heavy (non-hydrogen) atoms. The van der Waals surface area contributed by atoms with E-state index in [4.69, 9.17) is 0 Å². The number of aliphatic hydroxyl groups excluding tert-OH is 1. The van der Waals surface area contributed by atoms with E-state index in [0.29, 0.717) is 24.6 Å². The van der Waals surface area contributed by atoms with Gasteiger partial charge in [0.2, 0.25) is 0 Å². The van der Waals surface area contributed by atoms with Crippen LogP contribution in [0.15, 0.2) is 18.2 Å². The van der Waals surface area contributed by atoms with Crippen molar-refractivity contribution in [1.82, 2.24) is 5.32 Å². The second-order valence-electron chi connectivity index (χ2n) is 4.28. The molecule has 0 aliphatic heterocycles. The monoisotopic (exact) mass is 225 g/mol. The molecule has 1 atom stereocenters. The Morgan fingerprint density at radius 1 is 1.44 bits per heavy atom. The highest BCUT2D eigenvalue weighted by Gasteiger charge is 2.29. The molecule has 1 fully saturated rings. The average Bonchev–Trinajstić information content (AvgIpc) is 3.07. The van der Waals surface area contributed by atoms with E-state index in [1.54, 1.807) is 12.1 Å². The lowest BCUT2D eigenvalue weighted by Gasteiger charge is -2.11. The fraction of sp³-hybridized carbons (Fsp3) is 0.500. The normalized spacial score (nSPS) is 17.4. The molecule has 0 heterocycles.